The zero-order chi connectivity index (χ0) is 21.2. The van der Waals surface area contributed by atoms with Gasteiger partial charge < -0.3 is 15.1 Å². The lowest BCUT2D eigenvalue weighted by Gasteiger charge is -2.19. The highest BCUT2D eigenvalue weighted by atomic mass is 32.2. The molecule has 9 heteroatoms. The fraction of sp³-hybridized carbons (Fsp3) is 0.500. The third-order valence-corrected chi connectivity index (χ3v) is 5.47. The molecular formula is C20H28N6O2S. The first-order valence-electron chi connectivity index (χ1n) is 9.58. The van der Waals surface area contributed by atoms with E-state index in [2.05, 4.69) is 53.2 Å². The van der Waals surface area contributed by atoms with Gasteiger partial charge in [0, 0.05) is 5.92 Å². The van der Waals surface area contributed by atoms with Crippen LogP contribution in [0.3, 0.4) is 0 Å². The van der Waals surface area contributed by atoms with Crippen molar-refractivity contribution in [2.45, 2.75) is 69.9 Å². The van der Waals surface area contributed by atoms with Crippen LogP contribution in [0.25, 0.3) is 0 Å². The van der Waals surface area contributed by atoms with Gasteiger partial charge in [0.25, 0.3) is 0 Å². The van der Waals surface area contributed by atoms with Crippen molar-refractivity contribution in [2.24, 2.45) is 0 Å². The minimum Gasteiger partial charge on any atom is -0.486 e. The molecule has 8 nitrogen and oxygen atoms in total. The van der Waals surface area contributed by atoms with E-state index in [0.717, 1.165) is 5.75 Å². The monoisotopic (exact) mass is 416 g/mol. The molecule has 3 rings (SSSR count). The maximum atomic E-state index is 6.15. The fourth-order valence-corrected chi connectivity index (χ4v) is 3.36. The Hall–Kier alpha value is -2.55. The molecule has 2 N–H and O–H groups in total. The molecule has 156 valence electrons. The summed E-state index contributed by atoms with van der Waals surface area (Å²) in [5.41, 5.74) is 1.36. The molecule has 0 spiro atoms. The molecule has 0 bridgehead atoms. The van der Waals surface area contributed by atoms with Gasteiger partial charge in [-0.15, -0.1) is 10.2 Å². The van der Waals surface area contributed by atoms with Gasteiger partial charge in [-0.2, -0.15) is 4.98 Å². The van der Waals surface area contributed by atoms with E-state index in [1.165, 1.54) is 22.0 Å². The summed E-state index contributed by atoms with van der Waals surface area (Å²) >= 11 is 1.41. The highest BCUT2D eigenvalue weighted by molar-refractivity contribution is 7.99. The molecule has 1 unspecified atom stereocenters. The third-order valence-electron chi connectivity index (χ3n) is 4.43. The second kappa shape index (κ2) is 8.44. The van der Waals surface area contributed by atoms with E-state index in [4.69, 9.17) is 15.1 Å². The van der Waals surface area contributed by atoms with Crippen LogP contribution in [0.1, 0.15) is 75.8 Å². The van der Waals surface area contributed by atoms with E-state index in [9.17, 15) is 0 Å². The summed E-state index contributed by atoms with van der Waals surface area (Å²) in [7, 11) is 0. The van der Waals surface area contributed by atoms with E-state index in [-0.39, 0.29) is 23.2 Å². The average Bonchev–Trinajstić information content (AvgIpc) is 3.28. The zero-order valence-corrected chi connectivity index (χ0v) is 18.5. The van der Waals surface area contributed by atoms with Crippen molar-refractivity contribution in [3.05, 3.63) is 47.4 Å². The van der Waals surface area contributed by atoms with Gasteiger partial charge in [0.1, 0.15) is 12.4 Å². The minimum absolute atomic E-state index is 0.0970. The van der Waals surface area contributed by atoms with Gasteiger partial charge in [-0.3, -0.25) is 0 Å². The molecule has 1 aromatic carbocycles. The summed E-state index contributed by atoms with van der Waals surface area (Å²) in [6.45, 7) is 12.8. The maximum absolute atomic E-state index is 6.15. The molecule has 29 heavy (non-hydrogen) atoms. The Bertz CT molecular complexity index is 943. The van der Waals surface area contributed by atoms with Crippen LogP contribution in [0.5, 0.6) is 5.75 Å². The smallest absolute Gasteiger partial charge is 0.239 e. The topological polar surface area (TPSA) is 105 Å². The van der Waals surface area contributed by atoms with Crippen LogP contribution in [0.4, 0.5) is 0 Å². The second-order valence-corrected chi connectivity index (χ2v) is 9.55. The standard InChI is InChI=1S/C20H28N6O2S/c1-12(2)17-22-18(28-25-17)13(3)29-19-24-23-16(26(19)21)11-27-15-9-7-14(8-10-15)20(4,5)6/h7-10,12-13H,11,21H2,1-6H3. The molecule has 0 amide bonds. The first-order valence-corrected chi connectivity index (χ1v) is 10.5. The number of aromatic nitrogens is 5. The summed E-state index contributed by atoms with van der Waals surface area (Å²) in [5, 5.41) is 12.8. The van der Waals surface area contributed by atoms with Crippen molar-refractivity contribution >= 4 is 11.8 Å². The zero-order valence-electron chi connectivity index (χ0n) is 17.7. The molecule has 2 aromatic heterocycles. The summed E-state index contributed by atoms with van der Waals surface area (Å²) in [4.78, 5) is 4.42. The first kappa shape index (κ1) is 21.2. The van der Waals surface area contributed by atoms with Gasteiger partial charge in [-0.05, 0) is 30.0 Å². The van der Waals surface area contributed by atoms with Crippen molar-refractivity contribution in [2.75, 3.05) is 5.84 Å². The summed E-state index contributed by atoms with van der Waals surface area (Å²) in [6.07, 6.45) is 0. The molecule has 0 aliphatic rings. The van der Waals surface area contributed by atoms with E-state index in [1.54, 1.807) is 0 Å². The van der Waals surface area contributed by atoms with Gasteiger partial charge in [-0.1, -0.05) is 63.7 Å². The lowest BCUT2D eigenvalue weighted by molar-refractivity contribution is 0.291. The Morgan fingerprint density at radius 1 is 1.14 bits per heavy atom. The lowest BCUT2D eigenvalue weighted by Crippen LogP contribution is -2.16. The van der Waals surface area contributed by atoms with Gasteiger partial charge in [0.15, 0.2) is 11.6 Å². The van der Waals surface area contributed by atoms with Crippen molar-refractivity contribution in [3.8, 4) is 5.75 Å². The number of thioether (sulfide) groups is 1. The minimum atomic E-state index is -0.0970. The SMILES string of the molecule is CC(C)c1noc(C(C)Sc2nnc(COc3ccc(C(C)(C)C)cc3)n2N)n1. The Labute approximate surface area is 175 Å². The number of rotatable bonds is 7. The number of ether oxygens (including phenoxy) is 1. The largest absolute Gasteiger partial charge is 0.486 e. The van der Waals surface area contributed by atoms with Crippen molar-refractivity contribution in [1.29, 1.82) is 0 Å². The molecule has 3 aromatic rings. The summed E-state index contributed by atoms with van der Waals surface area (Å²) in [5.74, 6) is 8.89. The van der Waals surface area contributed by atoms with Crippen LogP contribution in [0, 0.1) is 0 Å². The van der Waals surface area contributed by atoms with Crippen LogP contribution in [0.2, 0.25) is 0 Å². The van der Waals surface area contributed by atoms with Crippen molar-refractivity contribution < 1.29 is 9.26 Å². The maximum Gasteiger partial charge on any atom is 0.239 e. The lowest BCUT2D eigenvalue weighted by atomic mass is 9.87. The number of nitrogens with zero attached hydrogens (tertiary/aromatic N) is 5. The third kappa shape index (κ3) is 5.09. The summed E-state index contributed by atoms with van der Waals surface area (Å²) < 4.78 is 12.6. The van der Waals surface area contributed by atoms with E-state index in [0.29, 0.717) is 22.7 Å². The highest BCUT2D eigenvalue weighted by Gasteiger charge is 2.21. The number of hydrogen-bond donors (Lipinski definition) is 1. The Morgan fingerprint density at radius 2 is 1.83 bits per heavy atom. The molecule has 0 saturated carbocycles. The number of benzene rings is 1. The predicted molar refractivity (Wildman–Crippen MR) is 112 cm³/mol. The molecule has 0 saturated heterocycles. The number of nitrogens with two attached hydrogens (primary N) is 1. The molecule has 0 aliphatic heterocycles. The van der Waals surface area contributed by atoms with Crippen molar-refractivity contribution in [1.82, 2.24) is 25.0 Å². The molecule has 0 fully saturated rings. The van der Waals surface area contributed by atoms with Crippen LogP contribution < -0.4 is 10.6 Å². The molecule has 2 heterocycles. The highest BCUT2D eigenvalue weighted by Crippen LogP contribution is 2.33. The Kier molecular flexibility index (Phi) is 6.16. The normalized spacial score (nSPS) is 13.1. The Morgan fingerprint density at radius 3 is 2.41 bits per heavy atom. The molecular weight excluding hydrogens is 388 g/mol. The van der Waals surface area contributed by atoms with Crippen LogP contribution >= 0.6 is 11.8 Å². The predicted octanol–water partition coefficient (Wildman–Crippen LogP) is 4.23. The second-order valence-electron chi connectivity index (χ2n) is 8.24. The quantitative estimate of drug-likeness (QED) is 0.451. The van der Waals surface area contributed by atoms with Crippen LogP contribution in [0.15, 0.2) is 33.9 Å². The molecule has 0 aliphatic carbocycles. The van der Waals surface area contributed by atoms with Gasteiger partial charge in [0.2, 0.25) is 11.0 Å². The van der Waals surface area contributed by atoms with Gasteiger partial charge in [-0.25, -0.2) is 4.68 Å². The van der Waals surface area contributed by atoms with E-state index >= 15 is 0 Å². The first-order chi connectivity index (χ1) is 13.6. The Balaban J connectivity index is 1.61. The fourth-order valence-electron chi connectivity index (χ4n) is 2.54. The van der Waals surface area contributed by atoms with Gasteiger partial charge >= 0.3 is 0 Å². The van der Waals surface area contributed by atoms with Gasteiger partial charge in [0.05, 0.1) is 5.25 Å². The van der Waals surface area contributed by atoms with E-state index < -0.39 is 0 Å². The van der Waals surface area contributed by atoms with Crippen molar-refractivity contribution in [3.63, 3.8) is 0 Å². The number of nitrogen functional groups attached to an aromatic ring is 1. The summed E-state index contributed by atoms with van der Waals surface area (Å²) in [6, 6.07) is 8.05. The van der Waals surface area contributed by atoms with E-state index in [1.807, 2.05) is 32.9 Å². The van der Waals surface area contributed by atoms with Crippen LogP contribution in [-0.4, -0.2) is 25.0 Å². The number of hydrogen-bond acceptors (Lipinski definition) is 8. The van der Waals surface area contributed by atoms with Crippen LogP contribution in [-0.2, 0) is 12.0 Å². The average molecular weight is 417 g/mol. The molecule has 0 radical (unpaired) electrons. The molecule has 1 atom stereocenters.